The molecule has 0 amide bonds. The third-order valence-electron chi connectivity index (χ3n) is 2.19. The van der Waals surface area contributed by atoms with Gasteiger partial charge in [-0.3, -0.25) is 4.68 Å². The van der Waals surface area contributed by atoms with Crippen LogP contribution < -0.4 is 5.32 Å². The van der Waals surface area contributed by atoms with Crippen LogP contribution in [0.25, 0.3) is 0 Å². The van der Waals surface area contributed by atoms with Gasteiger partial charge in [-0.2, -0.15) is 5.10 Å². The molecule has 2 aromatic rings. The smallest absolute Gasteiger partial charge is 0.164 e. The summed E-state index contributed by atoms with van der Waals surface area (Å²) in [5, 5.41) is 6.93. The predicted molar refractivity (Wildman–Crippen MR) is 59.7 cm³/mol. The van der Waals surface area contributed by atoms with Crippen molar-refractivity contribution in [1.29, 1.82) is 0 Å². The number of benzene rings is 1. The molecule has 1 aromatic carbocycles. The van der Waals surface area contributed by atoms with Crippen molar-refractivity contribution in [3.63, 3.8) is 0 Å². The van der Waals surface area contributed by atoms with Gasteiger partial charge in [0, 0.05) is 7.05 Å². The van der Waals surface area contributed by atoms with Gasteiger partial charge in [0.1, 0.15) is 12.2 Å². The fraction of sp³-hybridized carbons (Fsp3) is 0.200. The molecular formula is C10H10ClFN4. The Morgan fingerprint density at radius 3 is 3.00 bits per heavy atom. The van der Waals surface area contributed by atoms with E-state index in [1.807, 2.05) is 0 Å². The molecule has 0 radical (unpaired) electrons. The Balaban J connectivity index is 2.11. The molecule has 4 nitrogen and oxygen atoms in total. The first-order chi connectivity index (χ1) is 7.68. The van der Waals surface area contributed by atoms with Crippen LogP contribution in [-0.4, -0.2) is 14.8 Å². The molecule has 0 spiro atoms. The fourth-order valence-electron chi connectivity index (χ4n) is 1.29. The zero-order valence-electron chi connectivity index (χ0n) is 8.61. The van der Waals surface area contributed by atoms with Crippen LogP contribution in [0.3, 0.4) is 0 Å². The lowest BCUT2D eigenvalue weighted by Crippen LogP contribution is -2.07. The second-order valence-electron chi connectivity index (χ2n) is 3.25. The zero-order chi connectivity index (χ0) is 11.5. The molecule has 0 fully saturated rings. The van der Waals surface area contributed by atoms with E-state index in [0.29, 0.717) is 12.2 Å². The maximum Gasteiger partial charge on any atom is 0.164 e. The van der Waals surface area contributed by atoms with Gasteiger partial charge in [0.15, 0.2) is 5.82 Å². The quantitative estimate of drug-likeness (QED) is 0.895. The number of rotatable bonds is 3. The molecule has 16 heavy (non-hydrogen) atoms. The predicted octanol–water partition coefficient (Wildman–Crippen LogP) is 2.22. The Bertz CT molecular complexity index is 497. The molecule has 0 bridgehead atoms. The van der Waals surface area contributed by atoms with Crippen molar-refractivity contribution in [3.05, 3.63) is 41.2 Å². The van der Waals surface area contributed by atoms with Crippen LogP contribution >= 0.6 is 11.6 Å². The summed E-state index contributed by atoms with van der Waals surface area (Å²) in [6, 6.07) is 4.81. The van der Waals surface area contributed by atoms with Gasteiger partial charge in [-0.25, -0.2) is 9.37 Å². The Morgan fingerprint density at radius 1 is 1.50 bits per heavy atom. The Hall–Kier alpha value is -1.62. The highest BCUT2D eigenvalue weighted by atomic mass is 35.5. The van der Waals surface area contributed by atoms with Crippen LogP contribution in [0.2, 0.25) is 5.02 Å². The molecule has 0 atom stereocenters. The van der Waals surface area contributed by atoms with Gasteiger partial charge in [-0.15, -0.1) is 0 Å². The molecular weight excluding hydrogens is 231 g/mol. The maximum atomic E-state index is 13.5. The minimum Gasteiger partial charge on any atom is -0.375 e. The van der Waals surface area contributed by atoms with Gasteiger partial charge in [0.25, 0.3) is 0 Å². The van der Waals surface area contributed by atoms with Crippen molar-refractivity contribution in [1.82, 2.24) is 14.8 Å². The summed E-state index contributed by atoms with van der Waals surface area (Å²) in [5.74, 6) is 0.269. The van der Waals surface area contributed by atoms with Gasteiger partial charge in [0.2, 0.25) is 0 Å². The third kappa shape index (κ3) is 2.14. The zero-order valence-corrected chi connectivity index (χ0v) is 9.37. The van der Waals surface area contributed by atoms with Crippen LogP contribution in [0.15, 0.2) is 24.5 Å². The molecule has 0 aliphatic heterocycles. The normalized spacial score (nSPS) is 10.4. The van der Waals surface area contributed by atoms with Gasteiger partial charge in [-0.05, 0) is 12.1 Å². The number of anilines is 1. The second-order valence-corrected chi connectivity index (χ2v) is 3.66. The molecule has 0 saturated heterocycles. The molecule has 2 rings (SSSR count). The number of aromatic nitrogens is 3. The first kappa shape index (κ1) is 10.9. The molecule has 1 aromatic heterocycles. The lowest BCUT2D eigenvalue weighted by atomic mass is 10.3. The van der Waals surface area contributed by atoms with Crippen LogP contribution in [0.4, 0.5) is 10.1 Å². The summed E-state index contributed by atoms with van der Waals surface area (Å²) in [4.78, 5) is 4.02. The molecule has 0 aliphatic carbocycles. The minimum absolute atomic E-state index is 0.1000. The highest BCUT2D eigenvalue weighted by molar-refractivity contribution is 6.31. The molecule has 0 unspecified atom stereocenters. The maximum absolute atomic E-state index is 13.5. The highest BCUT2D eigenvalue weighted by Crippen LogP contribution is 2.22. The van der Waals surface area contributed by atoms with Gasteiger partial charge in [-0.1, -0.05) is 17.7 Å². The molecule has 0 aliphatic rings. The fourth-order valence-corrected chi connectivity index (χ4v) is 1.47. The summed E-state index contributed by atoms with van der Waals surface area (Å²) in [6.45, 7) is 0.397. The number of halogens is 2. The second kappa shape index (κ2) is 4.49. The van der Waals surface area contributed by atoms with E-state index in [9.17, 15) is 4.39 Å². The van der Waals surface area contributed by atoms with Crippen molar-refractivity contribution in [2.45, 2.75) is 6.54 Å². The minimum atomic E-state index is -0.452. The van der Waals surface area contributed by atoms with Gasteiger partial charge >= 0.3 is 0 Å². The van der Waals surface area contributed by atoms with E-state index in [-0.39, 0.29) is 5.02 Å². The number of nitrogens with zero attached hydrogens (tertiary/aromatic N) is 3. The van der Waals surface area contributed by atoms with Crippen LogP contribution in [0, 0.1) is 5.82 Å². The third-order valence-corrected chi connectivity index (χ3v) is 2.49. The van der Waals surface area contributed by atoms with Crippen molar-refractivity contribution in [2.75, 3.05) is 5.32 Å². The Morgan fingerprint density at radius 2 is 2.31 bits per heavy atom. The lowest BCUT2D eigenvalue weighted by molar-refractivity contribution is 0.629. The Labute approximate surface area is 97.1 Å². The first-order valence-corrected chi connectivity index (χ1v) is 5.07. The molecule has 1 heterocycles. The van der Waals surface area contributed by atoms with Crippen molar-refractivity contribution in [2.24, 2.45) is 7.05 Å². The van der Waals surface area contributed by atoms with Crippen molar-refractivity contribution >= 4 is 17.3 Å². The average molecular weight is 241 g/mol. The standard InChI is InChI=1S/C10H10ClFN4/c1-16-9(14-6-15-16)5-13-8-4-2-3-7(11)10(8)12/h2-4,6,13H,5H2,1H3. The monoisotopic (exact) mass is 240 g/mol. The summed E-state index contributed by atoms with van der Waals surface area (Å²) in [5.41, 5.74) is 0.357. The van der Waals surface area contributed by atoms with Gasteiger partial charge < -0.3 is 5.32 Å². The number of aryl methyl sites for hydroxylation is 1. The highest BCUT2D eigenvalue weighted by Gasteiger charge is 2.06. The van der Waals surface area contributed by atoms with E-state index in [1.165, 1.54) is 12.4 Å². The summed E-state index contributed by atoms with van der Waals surface area (Å²) in [7, 11) is 1.78. The van der Waals surface area contributed by atoms with E-state index in [0.717, 1.165) is 5.82 Å². The summed E-state index contributed by atoms with van der Waals surface area (Å²) < 4.78 is 15.1. The number of nitrogens with one attached hydrogen (secondary N) is 1. The number of hydrogen-bond acceptors (Lipinski definition) is 3. The first-order valence-electron chi connectivity index (χ1n) is 4.69. The van der Waals surface area contributed by atoms with E-state index in [1.54, 1.807) is 23.9 Å². The van der Waals surface area contributed by atoms with Gasteiger partial charge in [0.05, 0.1) is 17.3 Å². The largest absolute Gasteiger partial charge is 0.375 e. The lowest BCUT2D eigenvalue weighted by Gasteiger charge is -2.07. The summed E-state index contributed by atoms with van der Waals surface area (Å²) >= 11 is 5.66. The average Bonchev–Trinajstić information content (AvgIpc) is 2.67. The molecule has 6 heteroatoms. The van der Waals surface area contributed by atoms with E-state index in [2.05, 4.69) is 15.4 Å². The molecule has 84 valence electrons. The SMILES string of the molecule is Cn1ncnc1CNc1cccc(Cl)c1F. The van der Waals surface area contributed by atoms with E-state index < -0.39 is 5.82 Å². The molecule has 1 N–H and O–H groups in total. The number of hydrogen-bond donors (Lipinski definition) is 1. The Kier molecular flexibility index (Phi) is 3.05. The van der Waals surface area contributed by atoms with E-state index in [4.69, 9.17) is 11.6 Å². The topological polar surface area (TPSA) is 42.7 Å². The van der Waals surface area contributed by atoms with Crippen LogP contribution in [0.5, 0.6) is 0 Å². The van der Waals surface area contributed by atoms with Crippen molar-refractivity contribution < 1.29 is 4.39 Å². The van der Waals surface area contributed by atoms with Crippen molar-refractivity contribution in [3.8, 4) is 0 Å². The van der Waals surface area contributed by atoms with Crippen LogP contribution in [-0.2, 0) is 13.6 Å². The summed E-state index contributed by atoms with van der Waals surface area (Å²) in [6.07, 6.45) is 1.45. The van der Waals surface area contributed by atoms with Crippen LogP contribution in [0.1, 0.15) is 5.82 Å². The molecule has 0 saturated carbocycles. The van der Waals surface area contributed by atoms with E-state index >= 15 is 0 Å².